The van der Waals surface area contributed by atoms with Gasteiger partial charge >= 0.3 is 0 Å². The second-order valence-corrected chi connectivity index (χ2v) is 6.41. The van der Waals surface area contributed by atoms with Gasteiger partial charge in [0.25, 0.3) is 0 Å². The molecule has 2 atom stereocenters. The number of fused-ring (bicyclic) bond motifs is 1. The van der Waals surface area contributed by atoms with Crippen LogP contribution in [0.25, 0.3) is 0 Å². The molecule has 1 saturated carbocycles. The zero-order valence-corrected chi connectivity index (χ0v) is 12.3. The number of benzene rings is 1. The number of hydrogen-bond donors (Lipinski definition) is 1. The molecule has 0 saturated heterocycles. The van der Waals surface area contributed by atoms with Crippen molar-refractivity contribution in [2.24, 2.45) is 5.92 Å². The summed E-state index contributed by atoms with van der Waals surface area (Å²) in [6.07, 6.45) is 6.81. The van der Waals surface area contributed by atoms with E-state index in [4.69, 9.17) is 0 Å². The minimum absolute atomic E-state index is 0.778. The SMILES string of the molecule is CC1CCCCC1N(C)Cc1ccc2c(c1)CCN2. The van der Waals surface area contributed by atoms with Gasteiger partial charge in [0.1, 0.15) is 0 Å². The Labute approximate surface area is 117 Å². The molecule has 2 unspecified atom stereocenters. The fourth-order valence-electron chi connectivity index (χ4n) is 3.81. The van der Waals surface area contributed by atoms with Crippen molar-refractivity contribution >= 4 is 5.69 Å². The summed E-state index contributed by atoms with van der Waals surface area (Å²) < 4.78 is 0. The van der Waals surface area contributed by atoms with E-state index in [0.717, 1.165) is 25.0 Å². The third-order valence-corrected chi connectivity index (χ3v) is 4.94. The van der Waals surface area contributed by atoms with Crippen LogP contribution in [0.1, 0.15) is 43.7 Å². The van der Waals surface area contributed by atoms with E-state index in [2.05, 4.69) is 42.4 Å². The Morgan fingerprint density at radius 2 is 2.11 bits per heavy atom. The highest BCUT2D eigenvalue weighted by molar-refractivity contribution is 5.56. The summed E-state index contributed by atoms with van der Waals surface area (Å²) in [6.45, 7) is 4.63. The molecule has 1 aliphatic carbocycles. The molecular formula is C17H26N2. The Morgan fingerprint density at radius 3 is 2.95 bits per heavy atom. The van der Waals surface area contributed by atoms with Crippen molar-refractivity contribution in [1.82, 2.24) is 4.90 Å². The highest BCUT2D eigenvalue weighted by Gasteiger charge is 2.25. The predicted octanol–water partition coefficient (Wildman–Crippen LogP) is 3.67. The van der Waals surface area contributed by atoms with Gasteiger partial charge in [-0.15, -0.1) is 0 Å². The molecule has 0 amide bonds. The molecule has 1 aromatic carbocycles. The number of hydrogen-bond acceptors (Lipinski definition) is 2. The normalized spacial score (nSPS) is 26.3. The van der Waals surface area contributed by atoms with Crippen molar-refractivity contribution in [2.75, 3.05) is 18.9 Å². The maximum atomic E-state index is 3.44. The van der Waals surface area contributed by atoms with E-state index in [0.29, 0.717) is 0 Å². The van der Waals surface area contributed by atoms with Gasteiger partial charge in [-0.25, -0.2) is 0 Å². The van der Waals surface area contributed by atoms with Gasteiger partial charge in [-0.05, 0) is 49.4 Å². The van der Waals surface area contributed by atoms with Crippen molar-refractivity contribution in [2.45, 2.75) is 51.6 Å². The highest BCUT2D eigenvalue weighted by atomic mass is 15.1. The molecule has 19 heavy (non-hydrogen) atoms. The first-order valence-electron chi connectivity index (χ1n) is 7.80. The van der Waals surface area contributed by atoms with Crippen LogP contribution in [0.2, 0.25) is 0 Å². The Balaban J connectivity index is 1.67. The van der Waals surface area contributed by atoms with Crippen LogP contribution in [-0.4, -0.2) is 24.5 Å². The molecule has 0 radical (unpaired) electrons. The van der Waals surface area contributed by atoms with Crippen molar-refractivity contribution in [3.63, 3.8) is 0 Å². The third kappa shape index (κ3) is 2.79. The van der Waals surface area contributed by atoms with E-state index in [1.165, 1.54) is 48.9 Å². The van der Waals surface area contributed by atoms with Gasteiger partial charge < -0.3 is 5.32 Å². The van der Waals surface area contributed by atoms with Crippen LogP contribution in [0.15, 0.2) is 18.2 Å². The van der Waals surface area contributed by atoms with Crippen molar-refractivity contribution in [3.8, 4) is 0 Å². The maximum Gasteiger partial charge on any atom is 0.0373 e. The quantitative estimate of drug-likeness (QED) is 0.890. The van der Waals surface area contributed by atoms with E-state index in [1.54, 1.807) is 0 Å². The van der Waals surface area contributed by atoms with Crippen LogP contribution < -0.4 is 5.32 Å². The number of nitrogens with one attached hydrogen (secondary N) is 1. The molecule has 1 N–H and O–H groups in total. The molecule has 0 spiro atoms. The van der Waals surface area contributed by atoms with Gasteiger partial charge in [0, 0.05) is 24.8 Å². The number of rotatable bonds is 3. The summed E-state index contributed by atoms with van der Waals surface area (Å²) >= 11 is 0. The smallest absolute Gasteiger partial charge is 0.0373 e. The van der Waals surface area contributed by atoms with Crippen LogP contribution in [-0.2, 0) is 13.0 Å². The molecule has 0 bridgehead atoms. The maximum absolute atomic E-state index is 3.44. The molecular weight excluding hydrogens is 232 g/mol. The van der Waals surface area contributed by atoms with Gasteiger partial charge in [-0.2, -0.15) is 0 Å². The van der Waals surface area contributed by atoms with Gasteiger partial charge in [-0.1, -0.05) is 31.9 Å². The zero-order valence-electron chi connectivity index (χ0n) is 12.3. The van der Waals surface area contributed by atoms with Gasteiger partial charge in [-0.3, -0.25) is 4.90 Å². The van der Waals surface area contributed by atoms with E-state index in [9.17, 15) is 0 Å². The summed E-state index contributed by atoms with van der Waals surface area (Å²) in [6, 6.07) is 7.73. The monoisotopic (exact) mass is 258 g/mol. The van der Waals surface area contributed by atoms with E-state index < -0.39 is 0 Å². The highest BCUT2D eigenvalue weighted by Crippen LogP contribution is 2.29. The zero-order chi connectivity index (χ0) is 13.2. The molecule has 1 aromatic rings. The summed E-state index contributed by atoms with van der Waals surface area (Å²) in [7, 11) is 2.30. The van der Waals surface area contributed by atoms with E-state index >= 15 is 0 Å². The van der Waals surface area contributed by atoms with Crippen LogP contribution in [0.5, 0.6) is 0 Å². The van der Waals surface area contributed by atoms with Crippen LogP contribution in [0.4, 0.5) is 5.69 Å². The van der Waals surface area contributed by atoms with E-state index in [-0.39, 0.29) is 0 Å². The van der Waals surface area contributed by atoms with Gasteiger partial charge in [0.05, 0.1) is 0 Å². The predicted molar refractivity (Wildman–Crippen MR) is 81.5 cm³/mol. The molecule has 1 aliphatic heterocycles. The molecule has 2 heteroatoms. The topological polar surface area (TPSA) is 15.3 Å². The van der Waals surface area contributed by atoms with Gasteiger partial charge in [0.15, 0.2) is 0 Å². The molecule has 1 fully saturated rings. The summed E-state index contributed by atoms with van der Waals surface area (Å²) in [5, 5.41) is 3.44. The largest absolute Gasteiger partial charge is 0.384 e. The summed E-state index contributed by atoms with van der Waals surface area (Å²) in [5.74, 6) is 0.856. The van der Waals surface area contributed by atoms with Crippen LogP contribution in [0, 0.1) is 5.92 Å². The first-order valence-corrected chi connectivity index (χ1v) is 7.80. The fourth-order valence-corrected chi connectivity index (χ4v) is 3.81. The fraction of sp³-hybridized carbons (Fsp3) is 0.647. The molecule has 3 rings (SSSR count). The molecule has 104 valence electrons. The third-order valence-electron chi connectivity index (χ3n) is 4.94. The van der Waals surface area contributed by atoms with Crippen LogP contribution >= 0.6 is 0 Å². The Morgan fingerprint density at radius 1 is 1.26 bits per heavy atom. The standard InChI is InChI=1S/C17H26N2/c1-13-5-3-4-6-17(13)19(2)12-14-7-8-16-15(11-14)9-10-18-16/h7-8,11,13,17-18H,3-6,9-10,12H2,1-2H3. The van der Waals surface area contributed by atoms with Crippen molar-refractivity contribution in [1.29, 1.82) is 0 Å². The minimum atomic E-state index is 0.778. The van der Waals surface area contributed by atoms with Crippen molar-refractivity contribution in [3.05, 3.63) is 29.3 Å². The van der Waals surface area contributed by atoms with E-state index in [1.807, 2.05) is 0 Å². The lowest BCUT2D eigenvalue weighted by Gasteiger charge is -2.36. The Bertz CT molecular complexity index is 441. The Kier molecular flexibility index (Phi) is 3.79. The van der Waals surface area contributed by atoms with Gasteiger partial charge in [0.2, 0.25) is 0 Å². The molecule has 0 aromatic heterocycles. The lowest BCUT2D eigenvalue weighted by atomic mass is 9.85. The minimum Gasteiger partial charge on any atom is -0.384 e. The second-order valence-electron chi connectivity index (χ2n) is 6.41. The average Bonchev–Trinajstić information content (AvgIpc) is 2.86. The van der Waals surface area contributed by atoms with Crippen LogP contribution in [0.3, 0.4) is 0 Å². The lowest BCUT2D eigenvalue weighted by molar-refractivity contribution is 0.133. The first kappa shape index (κ1) is 13.0. The molecule has 2 nitrogen and oxygen atoms in total. The number of nitrogens with zero attached hydrogens (tertiary/aromatic N) is 1. The second kappa shape index (κ2) is 5.54. The lowest BCUT2D eigenvalue weighted by Crippen LogP contribution is -2.38. The molecule has 1 heterocycles. The van der Waals surface area contributed by atoms with Crippen molar-refractivity contribution < 1.29 is 0 Å². The molecule has 2 aliphatic rings. The summed E-state index contributed by atoms with van der Waals surface area (Å²) in [4.78, 5) is 2.58. The Hall–Kier alpha value is -1.02. The summed E-state index contributed by atoms with van der Waals surface area (Å²) in [5.41, 5.74) is 4.32. The average molecular weight is 258 g/mol. The first-order chi connectivity index (χ1) is 9.24. The number of anilines is 1.